The Balaban J connectivity index is 1.54. The SMILES string of the molecule is CN(C(=O)OCC1c2ccccc2-c2ccccc21)C(Cc1cc(C(F)(F)F)cc(C(F)(F)F)c1)C(=O)O. The lowest BCUT2D eigenvalue weighted by Crippen LogP contribution is -2.44. The average molecular weight is 537 g/mol. The number of aliphatic carboxylic acids is 1. The van der Waals surface area contributed by atoms with Gasteiger partial charge in [0, 0.05) is 19.4 Å². The second-order valence-corrected chi connectivity index (χ2v) is 8.89. The number of hydrogen-bond acceptors (Lipinski definition) is 3. The molecule has 1 N–H and O–H groups in total. The van der Waals surface area contributed by atoms with Crippen molar-refractivity contribution in [1.29, 1.82) is 0 Å². The molecule has 0 saturated heterocycles. The van der Waals surface area contributed by atoms with Crippen LogP contribution in [-0.2, 0) is 28.3 Å². The van der Waals surface area contributed by atoms with E-state index in [0.29, 0.717) is 17.0 Å². The number of hydrogen-bond donors (Lipinski definition) is 1. The summed E-state index contributed by atoms with van der Waals surface area (Å²) in [5.74, 6) is -1.95. The monoisotopic (exact) mass is 537 g/mol. The van der Waals surface area contributed by atoms with Gasteiger partial charge in [-0.3, -0.25) is 4.90 Å². The molecule has 0 spiro atoms. The molecule has 200 valence electrons. The number of amides is 1. The topological polar surface area (TPSA) is 66.8 Å². The second-order valence-electron chi connectivity index (χ2n) is 8.89. The first-order chi connectivity index (χ1) is 17.8. The first-order valence-corrected chi connectivity index (χ1v) is 11.4. The largest absolute Gasteiger partial charge is 0.480 e. The van der Waals surface area contributed by atoms with Crippen LogP contribution in [0.2, 0.25) is 0 Å². The second kappa shape index (κ2) is 10.0. The van der Waals surface area contributed by atoms with E-state index in [0.717, 1.165) is 29.3 Å². The highest BCUT2D eigenvalue weighted by atomic mass is 19.4. The number of carboxylic acid groups (broad SMARTS) is 1. The lowest BCUT2D eigenvalue weighted by Gasteiger charge is -2.26. The maximum atomic E-state index is 13.2. The Hall–Kier alpha value is -4.02. The molecule has 1 aliphatic carbocycles. The summed E-state index contributed by atoms with van der Waals surface area (Å²) in [5, 5.41) is 9.66. The molecule has 4 rings (SSSR count). The smallest absolute Gasteiger partial charge is 0.416 e. The van der Waals surface area contributed by atoms with Gasteiger partial charge in [0.1, 0.15) is 12.6 Å². The van der Waals surface area contributed by atoms with E-state index in [1.807, 2.05) is 48.5 Å². The van der Waals surface area contributed by atoms with Gasteiger partial charge in [0.15, 0.2) is 0 Å². The van der Waals surface area contributed by atoms with Crippen molar-refractivity contribution in [2.24, 2.45) is 0 Å². The molecule has 3 aromatic carbocycles. The van der Waals surface area contributed by atoms with Gasteiger partial charge in [-0.25, -0.2) is 9.59 Å². The van der Waals surface area contributed by atoms with Gasteiger partial charge in [0.2, 0.25) is 0 Å². The number of alkyl halides is 6. The lowest BCUT2D eigenvalue weighted by atomic mass is 9.98. The summed E-state index contributed by atoms with van der Waals surface area (Å²) in [6, 6.07) is 14.1. The van der Waals surface area contributed by atoms with Gasteiger partial charge in [-0.2, -0.15) is 26.3 Å². The van der Waals surface area contributed by atoms with Gasteiger partial charge < -0.3 is 9.84 Å². The number of carbonyl (C=O) groups is 2. The molecule has 1 aliphatic rings. The van der Waals surface area contributed by atoms with Crippen LogP contribution in [0.3, 0.4) is 0 Å². The minimum absolute atomic E-state index is 0.0471. The fraction of sp³-hybridized carbons (Fsp3) is 0.259. The van der Waals surface area contributed by atoms with E-state index in [2.05, 4.69) is 0 Å². The zero-order valence-electron chi connectivity index (χ0n) is 19.8. The van der Waals surface area contributed by atoms with Crippen LogP contribution >= 0.6 is 0 Å². The fourth-order valence-corrected chi connectivity index (χ4v) is 4.57. The molecule has 0 aliphatic heterocycles. The fourth-order valence-electron chi connectivity index (χ4n) is 4.57. The van der Waals surface area contributed by atoms with Crippen molar-refractivity contribution in [3.63, 3.8) is 0 Å². The molecule has 1 amide bonds. The van der Waals surface area contributed by atoms with Crippen LogP contribution in [0.25, 0.3) is 11.1 Å². The quantitative estimate of drug-likeness (QED) is 0.360. The molecule has 0 bridgehead atoms. The van der Waals surface area contributed by atoms with E-state index in [-0.39, 0.29) is 18.6 Å². The number of fused-ring (bicyclic) bond motifs is 3. The highest BCUT2D eigenvalue weighted by molar-refractivity contribution is 5.81. The highest BCUT2D eigenvalue weighted by Crippen LogP contribution is 2.44. The van der Waals surface area contributed by atoms with E-state index in [9.17, 15) is 41.0 Å². The Morgan fingerprint density at radius 1 is 0.868 bits per heavy atom. The summed E-state index contributed by atoms with van der Waals surface area (Å²) in [6.07, 6.45) is -12.1. The maximum absolute atomic E-state index is 13.2. The maximum Gasteiger partial charge on any atom is 0.416 e. The highest BCUT2D eigenvalue weighted by Gasteiger charge is 2.38. The minimum atomic E-state index is -5.09. The standard InChI is InChI=1S/C27H21F6NO4/c1-34(23(24(35)36)12-15-10-16(26(28,29)30)13-17(11-15)27(31,32)33)25(37)38-14-22-20-8-4-2-6-18(20)19-7-3-5-9-21(19)22/h2-11,13,22-23H,12,14H2,1H3,(H,35,36). The summed E-state index contributed by atoms with van der Waals surface area (Å²) >= 11 is 0. The van der Waals surface area contributed by atoms with Crippen LogP contribution in [0, 0.1) is 0 Å². The third kappa shape index (κ3) is 5.46. The van der Waals surface area contributed by atoms with E-state index in [1.54, 1.807) is 0 Å². The Morgan fingerprint density at radius 3 is 1.79 bits per heavy atom. The van der Waals surface area contributed by atoms with Crippen molar-refractivity contribution in [3.05, 3.63) is 94.5 Å². The molecule has 0 radical (unpaired) electrons. The van der Waals surface area contributed by atoms with Crippen molar-refractivity contribution in [2.45, 2.75) is 30.7 Å². The molecule has 38 heavy (non-hydrogen) atoms. The third-order valence-corrected chi connectivity index (χ3v) is 6.45. The molecular formula is C27H21F6NO4. The number of nitrogens with zero attached hydrogens (tertiary/aromatic N) is 1. The van der Waals surface area contributed by atoms with Gasteiger partial charge in [0.05, 0.1) is 11.1 Å². The predicted octanol–water partition coefficient (Wildman–Crippen LogP) is 6.60. The molecule has 3 aromatic rings. The summed E-state index contributed by atoms with van der Waals surface area (Å²) in [7, 11) is 1.07. The van der Waals surface area contributed by atoms with Crippen LogP contribution in [0.4, 0.5) is 31.1 Å². The summed E-state index contributed by atoms with van der Waals surface area (Å²) < 4.78 is 84.7. The van der Waals surface area contributed by atoms with Crippen molar-refractivity contribution < 1.29 is 45.8 Å². The predicted molar refractivity (Wildman–Crippen MR) is 124 cm³/mol. The number of carbonyl (C=O) groups excluding carboxylic acids is 1. The van der Waals surface area contributed by atoms with E-state index in [1.165, 1.54) is 0 Å². The van der Waals surface area contributed by atoms with E-state index in [4.69, 9.17) is 4.74 Å². The van der Waals surface area contributed by atoms with Crippen molar-refractivity contribution in [3.8, 4) is 11.1 Å². The van der Waals surface area contributed by atoms with E-state index < -0.39 is 53.6 Å². The number of likely N-dealkylation sites (N-methyl/N-ethyl adjacent to an activating group) is 1. The van der Waals surface area contributed by atoms with Crippen molar-refractivity contribution >= 4 is 12.1 Å². The zero-order chi connectivity index (χ0) is 27.8. The first kappa shape index (κ1) is 27.0. The number of carboxylic acids is 1. The molecule has 11 heteroatoms. The van der Waals surface area contributed by atoms with Gasteiger partial charge in [-0.15, -0.1) is 0 Å². The van der Waals surface area contributed by atoms with Crippen molar-refractivity contribution in [1.82, 2.24) is 4.90 Å². The van der Waals surface area contributed by atoms with Gasteiger partial charge in [-0.1, -0.05) is 48.5 Å². The minimum Gasteiger partial charge on any atom is -0.480 e. The molecule has 0 fully saturated rings. The molecule has 0 saturated carbocycles. The van der Waals surface area contributed by atoms with Crippen LogP contribution in [0.1, 0.15) is 33.7 Å². The summed E-state index contributed by atoms with van der Waals surface area (Å²) in [5.41, 5.74) is 0.0467. The first-order valence-electron chi connectivity index (χ1n) is 11.4. The zero-order valence-corrected chi connectivity index (χ0v) is 19.8. The lowest BCUT2D eigenvalue weighted by molar-refractivity contribution is -0.143. The van der Waals surface area contributed by atoms with Crippen LogP contribution < -0.4 is 0 Å². The van der Waals surface area contributed by atoms with Crippen LogP contribution in [0.15, 0.2) is 66.7 Å². The van der Waals surface area contributed by atoms with Gasteiger partial charge in [-0.05, 0) is 46.0 Å². The number of benzene rings is 3. The molecule has 1 unspecified atom stereocenters. The van der Waals surface area contributed by atoms with E-state index >= 15 is 0 Å². The molecular weight excluding hydrogens is 516 g/mol. The molecule has 0 heterocycles. The summed E-state index contributed by atoms with van der Waals surface area (Å²) in [4.78, 5) is 25.4. The average Bonchev–Trinajstić information content (AvgIpc) is 3.17. The third-order valence-electron chi connectivity index (χ3n) is 6.45. The van der Waals surface area contributed by atoms with Gasteiger partial charge in [0.25, 0.3) is 0 Å². The molecule has 0 aromatic heterocycles. The Morgan fingerprint density at radius 2 is 1.34 bits per heavy atom. The normalized spacial score (nSPS) is 14.0. The molecule has 1 atom stereocenters. The van der Waals surface area contributed by atoms with Crippen LogP contribution in [-0.4, -0.2) is 41.8 Å². The summed E-state index contributed by atoms with van der Waals surface area (Å²) in [6.45, 7) is -0.148. The number of rotatable bonds is 6. The Labute approximate surface area is 213 Å². The number of ether oxygens (including phenoxy) is 1. The van der Waals surface area contributed by atoms with Crippen molar-refractivity contribution in [2.75, 3.05) is 13.7 Å². The molecule has 5 nitrogen and oxygen atoms in total. The van der Waals surface area contributed by atoms with Gasteiger partial charge >= 0.3 is 24.4 Å². The Kier molecular flexibility index (Phi) is 7.14. The van der Waals surface area contributed by atoms with Crippen LogP contribution in [0.5, 0.6) is 0 Å². The Bertz CT molecular complexity index is 1290. The number of halogens is 6.